The zero-order chi connectivity index (χ0) is 26.0. The molecule has 1 saturated heterocycles. The van der Waals surface area contributed by atoms with Crippen LogP contribution < -0.4 is 10.9 Å². The standard InChI is InChI=1S/C27H36N4O5/c1-16(2)24(27(34)36-21-8-9-35-15-21)28-12-19-6-7-23-22(11-19)29-25(31(23)18(4)14-32)20-10-17(3)26(33)30(5)13-20/h6-7,10-11,13,16,18,21,24,28,32H,8-9,12,14-15H2,1-5H3/t18-,21+,24+/m1/s1. The molecule has 3 aromatic rings. The van der Waals surface area contributed by atoms with Crippen LogP contribution in [-0.2, 0) is 27.9 Å². The van der Waals surface area contributed by atoms with Crippen LogP contribution in [-0.4, -0.2) is 57.2 Å². The first-order chi connectivity index (χ1) is 17.2. The number of pyridine rings is 1. The Morgan fingerprint density at radius 3 is 2.72 bits per heavy atom. The Balaban J connectivity index is 1.61. The van der Waals surface area contributed by atoms with E-state index in [2.05, 4.69) is 5.32 Å². The lowest BCUT2D eigenvalue weighted by Crippen LogP contribution is -2.43. The number of aryl methyl sites for hydroxylation is 2. The molecule has 3 heterocycles. The van der Waals surface area contributed by atoms with Gasteiger partial charge in [0.1, 0.15) is 18.0 Å². The van der Waals surface area contributed by atoms with Crippen LogP contribution in [0, 0.1) is 12.8 Å². The van der Waals surface area contributed by atoms with Crippen LogP contribution in [0.3, 0.4) is 0 Å². The number of nitrogens with one attached hydrogen (secondary N) is 1. The van der Waals surface area contributed by atoms with Crippen molar-refractivity contribution < 1.29 is 19.4 Å². The molecule has 9 nitrogen and oxygen atoms in total. The van der Waals surface area contributed by atoms with Crippen LogP contribution in [0.2, 0.25) is 0 Å². The molecule has 2 aromatic heterocycles. The Morgan fingerprint density at radius 2 is 2.08 bits per heavy atom. The predicted octanol–water partition coefficient (Wildman–Crippen LogP) is 2.71. The highest BCUT2D eigenvalue weighted by Gasteiger charge is 2.28. The topological polar surface area (TPSA) is 108 Å². The summed E-state index contributed by atoms with van der Waals surface area (Å²) in [6.45, 7) is 9.22. The van der Waals surface area contributed by atoms with E-state index in [-0.39, 0.29) is 36.2 Å². The van der Waals surface area contributed by atoms with Gasteiger partial charge >= 0.3 is 5.97 Å². The minimum absolute atomic E-state index is 0.0449. The van der Waals surface area contributed by atoms with Crippen molar-refractivity contribution >= 4 is 17.0 Å². The van der Waals surface area contributed by atoms with Gasteiger partial charge in [0, 0.05) is 37.3 Å². The van der Waals surface area contributed by atoms with Crippen LogP contribution >= 0.6 is 0 Å². The lowest BCUT2D eigenvalue weighted by molar-refractivity contribution is -0.152. The van der Waals surface area contributed by atoms with E-state index >= 15 is 0 Å². The Bertz CT molecular complexity index is 1260. The van der Waals surface area contributed by atoms with Gasteiger partial charge in [-0.05, 0) is 43.5 Å². The largest absolute Gasteiger partial charge is 0.459 e. The quantitative estimate of drug-likeness (QED) is 0.439. The lowest BCUT2D eigenvalue weighted by Gasteiger charge is -2.22. The number of esters is 1. The molecule has 0 spiro atoms. The van der Waals surface area contributed by atoms with Crippen LogP contribution in [0.1, 0.15) is 44.4 Å². The second kappa shape index (κ2) is 10.9. The number of benzene rings is 1. The van der Waals surface area contributed by atoms with Gasteiger partial charge in [0.15, 0.2) is 0 Å². The molecule has 0 bridgehead atoms. The van der Waals surface area contributed by atoms with Crippen molar-refractivity contribution in [3.05, 3.63) is 51.9 Å². The number of hydrogen-bond donors (Lipinski definition) is 2. The van der Waals surface area contributed by atoms with E-state index in [1.165, 1.54) is 0 Å². The van der Waals surface area contributed by atoms with E-state index in [0.29, 0.717) is 31.1 Å². The normalized spacial score (nSPS) is 17.6. The van der Waals surface area contributed by atoms with Crippen molar-refractivity contribution in [1.29, 1.82) is 0 Å². The molecule has 0 amide bonds. The maximum absolute atomic E-state index is 12.8. The Kier molecular flexibility index (Phi) is 7.92. The molecule has 36 heavy (non-hydrogen) atoms. The highest BCUT2D eigenvalue weighted by molar-refractivity contribution is 5.81. The number of rotatable bonds is 9. The Hall–Kier alpha value is -3.01. The number of aromatic nitrogens is 3. The molecule has 0 radical (unpaired) electrons. The fourth-order valence-corrected chi connectivity index (χ4v) is 4.65. The van der Waals surface area contributed by atoms with Crippen molar-refractivity contribution in [2.24, 2.45) is 13.0 Å². The second-order valence-electron chi connectivity index (χ2n) is 10.0. The zero-order valence-electron chi connectivity index (χ0n) is 21.7. The molecule has 1 aliphatic heterocycles. The zero-order valence-corrected chi connectivity index (χ0v) is 21.7. The molecule has 0 saturated carbocycles. The number of imidazole rings is 1. The third kappa shape index (κ3) is 5.38. The van der Waals surface area contributed by atoms with Crippen molar-refractivity contribution in [1.82, 2.24) is 19.4 Å². The summed E-state index contributed by atoms with van der Waals surface area (Å²) >= 11 is 0. The minimum Gasteiger partial charge on any atom is -0.459 e. The number of fused-ring (bicyclic) bond motifs is 1. The molecular formula is C27H36N4O5. The molecule has 3 atom stereocenters. The van der Waals surface area contributed by atoms with E-state index in [1.54, 1.807) is 24.7 Å². The minimum atomic E-state index is -0.433. The summed E-state index contributed by atoms with van der Waals surface area (Å²) in [5, 5.41) is 13.3. The molecule has 1 fully saturated rings. The summed E-state index contributed by atoms with van der Waals surface area (Å²) in [6.07, 6.45) is 2.34. The number of aliphatic hydroxyl groups excluding tert-OH is 1. The van der Waals surface area contributed by atoms with Crippen LogP contribution in [0.4, 0.5) is 0 Å². The van der Waals surface area contributed by atoms with Crippen molar-refractivity contribution in [2.75, 3.05) is 19.8 Å². The number of nitrogens with zero attached hydrogens (tertiary/aromatic N) is 3. The average Bonchev–Trinajstić information content (AvgIpc) is 3.49. The third-order valence-electron chi connectivity index (χ3n) is 6.70. The first kappa shape index (κ1) is 26.1. The second-order valence-corrected chi connectivity index (χ2v) is 10.0. The Morgan fingerprint density at radius 1 is 1.31 bits per heavy atom. The summed E-state index contributed by atoms with van der Waals surface area (Å²) in [6, 6.07) is 7.18. The predicted molar refractivity (Wildman–Crippen MR) is 138 cm³/mol. The van der Waals surface area contributed by atoms with E-state index in [4.69, 9.17) is 14.5 Å². The molecule has 4 rings (SSSR count). The fraction of sp³-hybridized carbons (Fsp3) is 0.519. The molecule has 1 aliphatic rings. The number of ether oxygens (including phenoxy) is 2. The first-order valence-corrected chi connectivity index (χ1v) is 12.5. The molecule has 1 aromatic carbocycles. The number of aliphatic hydroxyl groups is 1. The number of hydrogen-bond acceptors (Lipinski definition) is 7. The summed E-state index contributed by atoms with van der Waals surface area (Å²) < 4.78 is 14.5. The van der Waals surface area contributed by atoms with Gasteiger partial charge in [0.2, 0.25) is 0 Å². The van der Waals surface area contributed by atoms with Gasteiger partial charge in [-0.15, -0.1) is 0 Å². The molecular weight excluding hydrogens is 460 g/mol. The van der Waals surface area contributed by atoms with E-state index in [1.807, 2.05) is 49.6 Å². The highest BCUT2D eigenvalue weighted by atomic mass is 16.6. The molecule has 194 valence electrons. The van der Waals surface area contributed by atoms with Crippen molar-refractivity contribution in [3.63, 3.8) is 0 Å². The van der Waals surface area contributed by atoms with E-state index < -0.39 is 6.04 Å². The van der Waals surface area contributed by atoms with Gasteiger partial charge in [-0.1, -0.05) is 19.9 Å². The summed E-state index contributed by atoms with van der Waals surface area (Å²) in [4.78, 5) is 29.9. The molecule has 9 heteroatoms. The summed E-state index contributed by atoms with van der Waals surface area (Å²) in [7, 11) is 1.72. The monoisotopic (exact) mass is 496 g/mol. The third-order valence-corrected chi connectivity index (χ3v) is 6.70. The maximum atomic E-state index is 12.8. The summed E-state index contributed by atoms with van der Waals surface area (Å²) in [5.41, 5.74) is 4.04. The van der Waals surface area contributed by atoms with Crippen LogP contribution in [0.25, 0.3) is 22.4 Å². The Labute approximate surface area is 211 Å². The van der Waals surface area contributed by atoms with E-state index in [0.717, 1.165) is 28.6 Å². The van der Waals surface area contributed by atoms with Gasteiger partial charge in [-0.25, -0.2) is 4.98 Å². The van der Waals surface area contributed by atoms with Crippen molar-refractivity contribution in [2.45, 2.75) is 58.8 Å². The highest BCUT2D eigenvalue weighted by Crippen LogP contribution is 2.29. The average molecular weight is 497 g/mol. The SMILES string of the molecule is Cc1cc(-c2nc3cc(CN[C@H](C(=O)O[C@H]4CCOC4)C(C)C)ccc3n2[C@H](C)CO)cn(C)c1=O. The molecule has 2 N–H and O–H groups in total. The van der Waals surface area contributed by atoms with Gasteiger partial charge < -0.3 is 29.0 Å². The summed E-state index contributed by atoms with van der Waals surface area (Å²) in [5.74, 6) is 0.500. The number of carbonyl (C=O) groups is 1. The number of carbonyl (C=O) groups excluding carboxylic acids is 1. The smallest absolute Gasteiger partial charge is 0.323 e. The van der Waals surface area contributed by atoms with Gasteiger partial charge in [0.05, 0.1) is 36.9 Å². The van der Waals surface area contributed by atoms with Crippen LogP contribution in [0.5, 0.6) is 0 Å². The van der Waals surface area contributed by atoms with Gasteiger partial charge in [-0.3, -0.25) is 9.59 Å². The van der Waals surface area contributed by atoms with Crippen molar-refractivity contribution in [3.8, 4) is 11.4 Å². The fourth-order valence-electron chi connectivity index (χ4n) is 4.65. The lowest BCUT2D eigenvalue weighted by atomic mass is 10.0. The first-order valence-electron chi connectivity index (χ1n) is 12.5. The molecule has 0 unspecified atom stereocenters. The van der Waals surface area contributed by atoms with Crippen LogP contribution in [0.15, 0.2) is 35.3 Å². The molecule has 0 aliphatic carbocycles. The maximum Gasteiger partial charge on any atom is 0.323 e. The van der Waals surface area contributed by atoms with Gasteiger partial charge in [-0.2, -0.15) is 0 Å². The van der Waals surface area contributed by atoms with E-state index in [9.17, 15) is 14.7 Å². The van der Waals surface area contributed by atoms with Gasteiger partial charge in [0.25, 0.3) is 5.56 Å².